The second kappa shape index (κ2) is 4.61. The molecule has 1 atom stereocenters. The molecule has 0 bridgehead atoms. The van der Waals surface area contributed by atoms with E-state index in [1.165, 1.54) is 18.5 Å². The molecule has 0 aromatic carbocycles. The summed E-state index contributed by atoms with van der Waals surface area (Å²) in [5.74, 6) is 0. The van der Waals surface area contributed by atoms with Crippen molar-refractivity contribution in [1.29, 1.82) is 0 Å². The van der Waals surface area contributed by atoms with Crippen LogP contribution in [-0.4, -0.2) is 9.55 Å². The molecule has 0 spiro atoms. The summed E-state index contributed by atoms with van der Waals surface area (Å²) < 4.78 is 3.09. The Morgan fingerprint density at radius 2 is 2.23 bits per heavy atom. The van der Waals surface area contributed by atoms with E-state index in [0.29, 0.717) is 6.04 Å². The van der Waals surface area contributed by atoms with Crippen molar-refractivity contribution in [3.05, 3.63) is 16.7 Å². The lowest BCUT2D eigenvalue weighted by Gasteiger charge is -2.14. The summed E-state index contributed by atoms with van der Waals surface area (Å²) in [6, 6.07) is 0.527. The highest BCUT2D eigenvalue weighted by atomic mass is 32.1. The van der Waals surface area contributed by atoms with E-state index in [1.807, 2.05) is 6.20 Å². The predicted octanol–water partition coefficient (Wildman–Crippen LogP) is 3.47. The van der Waals surface area contributed by atoms with Crippen molar-refractivity contribution in [2.75, 3.05) is 0 Å². The van der Waals surface area contributed by atoms with Crippen LogP contribution in [0.15, 0.2) is 6.20 Å². The molecule has 1 unspecified atom stereocenters. The number of imidazole rings is 1. The zero-order valence-electron chi connectivity index (χ0n) is 8.63. The fourth-order valence-electron chi connectivity index (χ4n) is 1.72. The first-order valence-electron chi connectivity index (χ1n) is 4.99. The van der Waals surface area contributed by atoms with Gasteiger partial charge >= 0.3 is 0 Å². The van der Waals surface area contributed by atoms with Crippen LogP contribution < -0.4 is 0 Å². The second-order valence-electron chi connectivity index (χ2n) is 3.45. The number of aromatic nitrogens is 2. The van der Waals surface area contributed by atoms with Gasteiger partial charge in [0.15, 0.2) is 4.77 Å². The second-order valence-corrected chi connectivity index (χ2v) is 3.83. The molecule has 1 rings (SSSR count). The van der Waals surface area contributed by atoms with Crippen LogP contribution in [0.3, 0.4) is 0 Å². The molecule has 0 aliphatic carbocycles. The molecule has 2 nitrogen and oxygen atoms in total. The monoisotopic (exact) mass is 198 g/mol. The number of rotatable bonds is 4. The van der Waals surface area contributed by atoms with Gasteiger partial charge in [0.05, 0.1) is 0 Å². The molecule has 0 aliphatic heterocycles. The summed E-state index contributed by atoms with van der Waals surface area (Å²) in [6.07, 6.45) is 5.46. The minimum Gasteiger partial charge on any atom is -0.337 e. The third-order valence-electron chi connectivity index (χ3n) is 2.40. The Kier molecular flexibility index (Phi) is 3.72. The van der Waals surface area contributed by atoms with E-state index in [0.717, 1.165) is 11.2 Å². The maximum Gasteiger partial charge on any atom is 0.177 e. The van der Waals surface area contributed by atoms with E-state index < -0.39 is 0 Å². The van der Waals surface area contributed by atoms with Crippen LogP contribution in [0.5, 0.6) is 0 Å². The number of aryl methyl sites for hydroxylation is 1. The lowest BCUT2D eigenvalue weighted by molar-refractivity contribution is 0.482. The van der Waals surface area contributed by atoms with Crippen LogP contribution in [0.25, 0.3) is 0 Å². The van der Waals surface area contributed by atoms with Gasteiger partial charge in [-0.2, -0.15) is 0 Å². The Morgan fingerprint density at radius 3 is 2.77 bits per heavy atom. The van der Waals surface area contributed by atoms with Gasteiger partial charge in [0.2, 0.25) is 0 Å². The van der Waals surface area contributed by atoms with E-state index in [1.54, 1.807) is 0 Å². The standard InChI is InChI=1S/C10H18N2S/c1-4-6-8(3)12-9(5-2)7-11-10(12)13/h7-8H,4-6H2,1-3H3,(H,11,13). The van der Waals surface area contributed by atoms with Crippen molar-refractivity contribution in [1.82, 2.24) is 9.55 Å². The van der Waals surface area contributed by atoms with Gasteiger partial charge in [0.1, 0.15) is 0 Å². The van der Waals surface area contributed by atoms with Crippen molar-refractivity contribution >= 4 is 12.2 Å². The normalized spacial score (nSPS) is 13.2. The van der Waals surface area contributed by atoms with Gasteiger partial charge in [-0.3, -0.25) is 0 Å². The maximum absolute atomic E-state index is 5.24. The summed E-state index contributed by atoms with van der Waals surface area (Å²) in [6.45, 7) is 6.60. The van der Waals surface area contributed by atoms with Gasteiger partial charge in [-0.05, 0) is 32.0 Å². The topological polar surface area (TPSA) is 20.7 Å². The number of H-pyrrole nitrogens is 1. The quantitative estimate of drug-likeness (QED) is 0.735. The maximum atomic E-state index is 5.24. The Bertz CT molecular complexity index is 311. The summed E-state index contributed by atoms with van der Waals surface area (Å²) >= 11 is 5.24. The van der Waals surface area contributed by atoms with Crippen LogP contribution in [0, 0.1) is 4.77 Å². The fraction of sp³-hybridized carbons (Fsp3) is 0.700. The third kappa shape index (κ3) is 2.21. The molecule has 1 aromatic heterocycles. The first-order valence-corrected chi connectivity index (χ1v) is 5.40. The van der Waals surface area contributed by atoms with E-state index in [4.69, 9.17) is 12.2 Å². The molecule has 1 heterocycles. The molecule has 1 N–H and O–H groups in total. The highest BCUT2D eigenvalue weighted by Crippen LogP contribution is 2.16. The zero-order chi connectivity index (χ0) is 9.84. The van der Waals surface area contributed by atoms with Gasteiger partial charge < -0.3 is 9.55 Å². The summed E-state index contributed by atoms with van der Waals surface area (Å²) in [5, 5.41) is 0. The molecule has 0 radical (unpaired) electrons. The molecule has 0 saturated heterocycles. The molecule has 13 heavy (non-hydrogen) atoms. The minimum absolute atomic E-state index is 0.527. The Labute approximate surface area is 85.0 Å². The average Bonchev–Trinajstić information content (AvgIpc) is 2.47. The van der Waals surface area contributed by atoms with Crippen LogP contribution in [0.1, 0.15) is 45.3 Å². The van der Waals surface area contributed by atoms with Crippen molar-refractivity contribution in [3.63, 3.8) is 0 Å². The Morgan fingerprint density at radius 1 is 1.54 bits per heavy atom. The zero-order valence-corrected chi connectivity index (χ0v) is 9.45. The van der Waals surface area contributed by atoms with Crippen LogP contribution in [0.4, 0.5) is 0 Å². The van der Waals surface area contributed by atoms with E-state index in [9.17, 15) is 0 Å². The van der Waals surface area contributed by atoms with Gasteiger partial charge in [0.25, 0.3) is 0 Å². The molecular formula is C10H18N2S. The summed E-state index contributed by atoms with van der Waals surface area (Å²) in [7, 11) is 0. The SMILES string of the molecule is CCCC(C)n1c(CC)c[nH]c1=S. The lowest BCUT2D eigenvalue weighted by Crippen LogP contribution is -2.08. The lowest BCUT2D eigenvalue weighted by atomic mass is 10.2. The largest absolute Gasteiger partial charge is 0.337 e. The van der Waals surface area contributed by atoms with E-state index in [-0.39, 0.29) is 0 Å². The molecule has 0 aliphatic rings. The minimum atomic E-state index is 0.527. The average molecular weight is 198 g/mol. The highest BCUT2D eigenvalue weighted by molar-refractivity contribution is 7.71. The Hall–Kier alpha value is -0.570. The summed E-state index contributed by atoms with van der Waals surface area (Å²) in [5.41, 5.74) is 1.31. The molecule has 3 heteroatoms. The molecule has 1 aromatic rings. The van der Waals surface area contributed by atoms with E-state index >= 15 is 0 Å². The van der Waals surface area contributed by atoms with Crippen LogP contribution in [-0.2, 0) is 6.42 Å². The van der Waals surface area contributed by atoms with Crippen LogP contribution in [0.2, 0.25) is 0 Å². The van der Waals surface area contributed by atoms with Gasteiger partial charge in [-0.25, -0.2) is 0 Å². The van der Waals surface area contributed by atoms with Crippen molar-refractivity contribution in [3.8, 4) is 0 Å². The van der Waals surface area contributed by atoms with E-state index in [2.05, 4.69) is 30.3 Å². The van der Waals surface area contributed by atoms with Gasteiger partial charge in [-0.15, -0.1) is 0 Å². The first kappa shape index (κ1) is 10.5. The fourth-order valence-corrected chi connectivity index (χ4v) is 2.07. The van der Waals surface area contributed by atoms with Gasteiger partial charge in [0, 0.05) is 17.9 Å². The number of hydrogen-bond donors (Lipinski definition) is 1. The molecule has 0 saturated carbocycles. The predicted molar refractivity (Wildman–Crippen MR) is 58.6 cm³/mol. The number of nitrogens with one attached hydrogen (secondary N) is 1. The summed E-state index contributed by atoms with van der Waals surface area (Å²) in [4.78, 5) is 3.11. The van der Waals surface area contributed by atoms with Crippen LogP contribution >= 0.6 is 12.2 Å². The third-order valence-corrected chi connectivity index (χ3v) is 2.71. The first-order chi connectivity index (χ1) is 6.20. The molecule has 0 amide bonds. The smallest absolute Gasteiger partial charge is 0.177 e. The van der Waals surface area contributed by atoms with Gasteiger partial charge in [-0.1, -0.05) is 20.3 Å². The number of hydrogen-bond acceptors (Lipinski definition) is 1. The Balaban J connectivity index is 2.96. The highest BCUT2D eigenvalue weighted by Gasteiger charge is 2.08. The molecule has 0 fully saturated rings. The van der Waals surface area contributed by atoms with Crippen molar-refractivity contribution < 1.29 is 0 Å². The number of nitrogens with zero attached hydrogens (tertiary/aromatic N) is 1. The van der Waals surface area contributed by atoms with Crippen molar-refractivity contribution in [2.24, 2.45) is 0 Å². The van der Waals surface area contributed by atoms with Crippen molar-refractivity contribution in [2.45, 2.75) is 46.1 Å². The number of aromatic amines is 1. The molecular weight excluding hydrogens is 180 g/mol. The molecule has 74 valence electrons.